The first-order valence-electron chi connectivity index (χ1n) is 4.37. The van der Waals surface area contributed by atoms with E-state index in [1.165, 1.54) is 0 Å². The van der Waals surface area contributed by atoms with E-state index in [-0.39, 0.29) is 0 Å². The number of hydrazine groups is 1. The van der Waals surface area contributed by atoms with E-state index in [4.69, 9.17) is 5.26 Å². The van der Waals surface area contributed by atoms with E-state index in [0.29, 0.717) is 17.3 Å². The maximum atomic E-state index is 8.73. The van der Waals surface area contributed by atoms with Crippen LogP contribution in [-0.4, -0.2) is 29.1 Å². The van der Waals surface area contributed by atoms with E-state index in [1.807, 2.05) is 27.1 Å². The van der Waals surface area contributed by atoms with Crippen molar-refractivity contribution in [1.82, 2.24) is 15.0 Å². The molecule has 1 aromatic heterocycles. The van der Waals surface area contributed by atoms with Crippen LogP contribution in [0.5, 0.6) is 0 Å². The Morgan fingerprint density at radius 1 is 1.50 bits per heavy atom. The first-order chi connectivity index (χ1) is 6.65. The van der Waals surface area contributed by atoms with Crippen LogP contribution in [0.1, 0.15) is 18.4 Å². The topological polar surface area (TPSA) is 64.8 Å². The molecule has 0 bridgehead atoms. The third kappa shape index (κ3) is 2.68. The lowest BCUT2D eigenvalue weighted by atomic mass is 10.3. The Bertz CT molecular complexity index is 353. The van der Waals surface area contributed by atoms with Gasteiger partial charge < -0.3 is 5.43 Å². The molecule has 0 saturated heterocycles. The highest BCUT2D eigenvalue weighted by Crippen LogP contribution is 2.06. The van der Waals surface area contributed by atoms with Crippen LogP contribution in [0.15, 0.2) is 6.07 Å². The summed E-state index contributed by atoms with van der Waals surface area (Å²) in [7, 11) is 3.72. The number of aryl methyl sites for hydroxylation is 1. The maximum absolute atomic E-state index is 8.73. The summed E-state index contributed by atoms with van der Waals surface area (Å²) in [6, 6.07) is 3.63. The minimum Gasteiger partial charge on any atom is -0.303 e. The third-order valence-electron chi connectivity index (χ3n) is 1.54. The quantitative estimate of drug-likeness (QED) is 0.716. The third-order valence-corrected chi connectivity index (χ3v) is 1.54. The fourth-order valence-corrected chi connectivity index (χ4v) is 0.999. The van der Waals surface area contributed by atoms with Gasteiger partial charge in [0.1, 0.15) is 23.4 Å². The van der Waals surface area contributed by atoms with E-state index in [9.17, 15) is 0 Å². The largest absolute Gasteiger partial charge is 0.303 e. The highest BCUT2D eigenvalue weighted by atomic mass is 15.5. The van der Waals surface area contributed by atoms with Crippen molar-refractivity contribution in [3.05, 3.63) is 17.6 Å². The molecule has 5 nitrogen and oxygen atoms in total. The van der Waals surface area contributed by atoms with Crippen molar-refractivity contribution in [2.24, 2.45) is 0 Å². The molecule has 0 fully saturated rings. The summed E-state index contributed by atoms with van der Waals surface area (Å²) in [6.45, 7) is 1.95. The van der Waals surface area contributed by atoms with Crippen molar-refractivity contribution >= 4 is 5.82 Å². The number of hydrogen-bond donors (Lipinski definition) is 1. The van der Waals surface area contributed by atoms with E-state index < -0.39 is 0 Å². The van der Waals surface area contributed by atoms with Gasteiger partial charge in [-0.2, -0.15) is 5.26 Å². The number of nitriles is 1. The van der Waals surface area contributed by atoms with Crippen molar-refractivity contribution < 1.29 is 0 Å². The van der Waals surface area contributed by atoms with Crippen molar-refractivity contribution in [2.75, 3.05) is 19.5 Å². The SMILES string of the molecule is CCc1nc(C#N)cc(NN(C)C)n1. The van der Waals surface area contributed by atoms with Gasteiger partial charge in [0.25, 0.3) is 0 Å². The molecular weight excluding hydrogens is 178 g/mol. The lowest BCUT2D eigenvalue weighted by molar-refractivity contribution is 0.491. The van der Waals surface area contributed by atoms with Gasteiger partial charge in [0.05, 0.1) is 0 Å². The van der Waals surface area contributed by atoms with E-state index in [0.717, 1.165) is 6.42 Å². The molecule has 0 spiro atoms. The molecule has 1 rings (SSSR count). The van der Waals surface area contributed by atoms with Gasteiger partial charge in [-0.3, -0.25) is 0 Å². The highest BCUT2D eigenvalue weighted by molar-refractivity contribution is 5.38. The Morgan fingerprint density at radius 2 is 2.21 bits per heavy atom. The van der Waals surface area contributed by atoms with Crippen molar-refractivity contribution in [1.29, 1.82) is 5.26 Å². The van der Waals surface area contributed by atoms with Crippen LogP contribution >= 0.6 is 0 Å². The minimum absolute atomic E-state index is 0.390. The summed E-state index contributed by atoms with van der Waals surface area (Å²) in [4.78, 5) is 8.27. The smallest absolute Gasteiger partial charge is 0.146 e. The monoisotopic (exact) mass is 191 g/mol. The van der Waals surface area contributed by atoms with Gasteiger partial charge in [-0.25, -0.2) is 15.0 Å². The zero-order valence-electron chi connectivity index (χ0n) is 8.57. The van der Waals surface area contributed by atoms with Crippen LogP contribution in [0, 0.1) is 11.3 Å². The molecule has 0 saturated carbocycles. The first-order valence-corrected chi connectivity index (χ1v) is 4.37. The number of anilines is 1. The van der Waals surface area contributed by atoms with Gasteiger partial charge in [-0.15, -0.1) is 0 Å². The molecule has 0 radical (unpaired) electrons. The summed E-state index contributed by atoms with van der Waals surface area (Å²) in [5.74, 6) is 1.33. The number of rotatable bonds is 3. The van der Waals surface area contributed by atoms with Crippen LogP contribution in [0.25, 0.3) is 0 Å². The molecule has 0 aliphatic rings. The first kappa shape index (κ1) is 10.4. The fourth-order valence-electron chi connectivity index (χ4n) is 0.999. The van der Waals surface area contributed by atoms with Crippen LogP contribution < -0.4 is 5.43 Å². The Balaban J connectivity index is 3.00. The van der Waals surface area contributed by atoms with Gasteiger partial charge in [-0.05, 0) is 0 Å². The predicted molar refractivity (Wildman–Crippen MR) is 53.4 cm³/mol. The lowest BCUT2D eigenvalue weighted by Gasteiger charge is -2.12. The van der Waals surface area contributed by atoms with E-state index in [2.05, 4.69) is 15.4 Å². The fraction of sp³-hybridized carbons (Fsp3) is 0.444. The van der Waals surface area contributed by atoms with Crippen LogP contribution in [-0.2, 0) is 6.42 Å². The summed E-state index contributed by atoms with van der Waals surface area (Å²) in [5, 5.41) is 10.5. The van der Waals surface area contributed by atoms with Gasteiger partial charge in [0.15, 0.2) is 0 Å². The highest BCUT2D eigenvalue weighted by Gasteiger charge is 2.02. The summed E-state index contributed by atoms with van der Waals surface area (Å²) in [6.07, 6.45) is 0.720. The Hall–Kier alpha value is -1.67. The average molecular weight is 191 g/mol. The van der Waals surface area contributed by atoms with E-state index >= 15 is 0 Å². The minimum atomic E-state index is 0.390. The van der Waals surface area contributed by atoms with E-state index in [1.54, 1.807) is 11.1 Å². The molecule has 74 valence electrons. The molecule has 0 unspecified atom stereocenters. The molecule has 1 N–H and O–H groups in total. The summed E-state index contributed by atoms with van der Waals surface area (Å²) in [5.41, 5.74) is 3.38. The van der Waals surface area contributed by atoms with Gasteiger partial charge >= 0.3 is 0 Å². The summed E-state index contributed by atoms with van der Waals surface area (Å²) < 4.78 is 0. The molecule has 0 atom stereocenters. The zero-order valence-corrected chi connectivity index (χ0v) is 8.57. The van der Waals surface area contributed by atoms with Crippen molar-refractivity contribution in [3.63, 3.8) is 0 Å². The molecule has 0 aliphatic carbocycles. The second kappa shape index (κ2) is 4.53. The predicted octanol–water partition coefficient (Wildman–Crippen LogP) is 0.799. The lowest BCUT2D eigenvalue weighted by Crippen LogP contribution is -2.21. The summed E-state index contributed by atoms with van der Waals surface area (Å²) >= 11 is 0. The number of nitrogens with one attached hydrogen (secondary N) is 1. The van der Waals surface area contributed by atoms with Gasteiger partial charge in [0.2, 0.25) is 0 Å². The Kier molecular flexibility index (Phi) is 3.37. The molecule has 14 heavy (non-hydrogen) atoms. The number of hydrogen-bond acceptors (Lipinski definition) is 5. The number of aromatic nitrogens is 2. The zero-order chi connectivity index (χ0) is 10.6. The van der Waals surface area contributed by atoms with Crippen molar-refractivity contribution in [2.45, 2.75) is 13.3 Å². The molecule has 0 aromatic carbocycles. The Labute approximate surface area is 83.4 Å². The molecule has 0 aliphatic heterocycles. The molecule has 5 heteroatoms. The Morgan fingerprint density at radius 3 is 2.71 bits per heavy atom. The molecular formula is C9H13N5. The van der Waals surface area contributed by atoms with Crippen molar-refractivity contribution in [3.8, 4) is 6.07 Å². The van der Waals surface area contributed by atoms with Crippen LogP contribution in [0.4, 0.5) is 5.82 Å². The molecule has 0 amide bonds. The molecule has 1 heterocycles. The normalized spacial score (nSPS) is 9.93. The number of nitrogens with zero attached hydrogens (tertiary/aromatic N) is 4. The second-order valence-electron chi connectivity index (χ2n) is 3.03. The van der Waals surface area contributed by atoms with Gasteiger partial charge in [0, 0.05) is 26.6 Å². The standard InChI is InChI=1S/C9H13N5/c1-4-8-11-7(6-10)5-9(12-8)13-14(2)3/h5H,4H2,1-3H3,(H,11,12,13). The average Bonchev–Trinajstić information content (AvgIpc) is 2.16. The molecule has 1 aromatic rings. The second-order valence-corrected chi connectivity index (χ2v) is 3.03. The maximum Gasteiger partial charge on any atom is 0.146 e. The van der Waals surface area contributed by atoms with Gasteiger partial charge in [-0.1, -0.05) is 6.92 Å². The van der Waals surface area contributed by atoms with Crippen LogP contribution in [0.3, 0.4) is 0 Å². The van der Waals surface area contributed by atoms with Crippen LogP contribution in [0.2, 0.25) is 0 Å².